The van der Waals surface area contributed by atoms with Crippen LogP contribution in [-0.2, 0) is 16.1 Å². The van der Waals surface area contributed by atoms with Gasteiger partial charge in [-0.15, -0.1) is 0 Å². The SMILES string of the molecule is CC(=O)C(Sc1nc(NCc2ccccc2)nc(N(C)C)n1)C(C)=O. The molecule has 1 aromatic carbocycles. The standard InChI is InChI=1S/C17H21N5O2S/c1-11(23)14(12(2)24)25-17-20-15(19-16(21-17)22(3)4)18-10-13-8-6-5-7-9-13/h5-9,14H,10H2,1-4H3,(H,18,19,20,21). The van der Waals surface area contributed by atoms with Crippen LogP contribution in [0.1, 0.15) is 19.4 Å². The number of ketones is 2. The van der Waals surface area contributed by atoms with Crippen LogP contribution in [0.15, 0.2) is 35.5 Å². The number of rotatable bonds is 8. The Kier molecular flexibility index (Phi) is 6.46. The van der Waals surface area contributed by atoms with Gasteiger partial charge in [-0.3, -0.25) is 9.59 Å². The van der Waals surface area contributed by atoms with Crippen molar-refractivity contribution < 1.29 is 9.59 Å². The number of benzene rings is 1. The van der Waals surface area contributed by atoms with Gasteiger partial charge in [-0.05, 0) is 19.4 Å². The van der Waals surface area contributed by atoms with Gasteiger partial charge in [-0.1, -0.05) is 42.1 Å². The van der Waals surface area contributed by atoms with Gasteiger partial charge in [0.05, 0.1) is 0 Å². The van der Waals surface area contributed by atoms with Gasteiger partial charge < -0.3 is 10.2 Å². The Labute approximate surface area is 151 Å². The van der Waals surface area contributed by atoms with Gasteiger partial charge in [0, 0.05) is 20.6 Å². The number of hydrogen-bond donors (Lipinski definition) is 1. The summed E-state index contributed by atoms with van der Waals surface area (Å²) in [7, 11) is 3.64. The Balaban J connectivity index is 2.23. The molecule has 0 radical (unpaired) electrons. The molecule has 0 bridgehead atoms. The van der Waals surface area contributed by atoms with E-state index in [0.717, 1.165) is 17.3 Å². The second-order valence-corrected chi connectivity index (χ2v) is 6.77. The fraction of sp³-hybridized carbons (Fsp3) is 0.353. The zero-order valence-corrected chi connectivity index (χ0v) is 15.5. The lowest BCUT2D eigenvalue weighted by molar-refractivity contribution is -0.123. The van der Waals surface area contributed by atoms with E-state index in [1.807, 2.05) is 44.4 Å². The fourth-order valence-electron chi connectivity index (χ4n) is 2.01. The highest BCUT2D eigenvalue weighted by atomic mass is 32.2. The molecule has 1 heterocycles. The number of nitrogens with zero attached hydrogens (tertiary/aromatic N) is 4. The molecule has 2 aromatic rings. The van der Waals surface area contributed by atoms with Crippen LogP contribution < -0.4 is 10.2 Å². The molecule has 0 saturated carbocycles. The summed E-state index contributed by atoms with van der Waals surface area (Å²) in [6.07, 6.45) is 0. The van der Waals surface area contributed by atoms with E-state index in [1.54, 1.807) is 4.90 Å². The minimum atomic E-state index is -0.806. The van der Waals surface area contributed by atoms with E-state index < -0.39 is 5.25 Å². The first kappa shape index (κ1) is 18.9. The van der Waals surface area contributed by atoms with Crippen molar-refractivity contribution in [1.29, 1.82) is 0 Å². The molecule has 0 unspecified atom stereocenters. The lowest BCUT2D eigenvalue weighted by Gasteiger charge is -2.15. The second-order valence-electron chi connectivity index (χ2n) is 5.69. The number of nitrogens with one attached hydrogen (secondary N) is 1. The molecule has 132 valence electrons. The summed E-state index contributed by atoms with van der Waals surface area (Å²) in [5, 5.41) is 2.69. The average molecular weight is 359 g/mol. The van der Waals surface area contributed by atoms with Crippen LogP contribution in [0, 0.1) is 0 Å². The maximum absolute atomic E-state index is 11.7. The molecule has 0 aliphatic rings. The summed E-state index contributed by atoms with van der Waals surface area (Å²) in [5.41, 5.74) is 1.09. The zero-order valence-electron chi connectivity index (χ0n) is 14.7. The Bertz CT molecular complexity index is 738. The van der Waals surface area contributed by atoms with Gasteiger partial charge >= 0.3 is 0 Å². The molecule has 0 saturated heterocycles. The number of aromatic nitrogens is 3. The molecule has 1 aromatic heterocycles. The largest absolute Gasteiger partial charge is 0.350 e. The van der Waals surface area contributed by atoms with Crippen LogP contribution in [0.5, 0.6) is 0 Å². The first-order chi connectivity index (χ1) is 11.9. The van der Waals surface area contributed by atoms with E-state index >= 15 is 0 Å². The van der Waals surface area contributed by atoms with Gasteiger partial charge in [-0.2, -0.15) is 15.0 Å². The van der Waals surface area contributed by atoms with Gasteiger partial charge in [-0.25, -0.2) is 0 Å². The van der Waals surface area contributed by atoms with Crippen molar-refractivity contribution >= 4 is 35.2 Å². The van der Waals surface area contributed by atoms with E-state index in [1.165, 1.54) is 13.8 Å². The van der Waals surface area contributed by atoms with Crippen molar-refractivity contribution in [2.75, 3.05) is 24.3 Å². The lowest BCUT2D eigenvalue weighted by Crippen LogP contribution is -2.23. The van der Waals surface area contributed by atoms with Gasteiger partial charge in [0.15, 0.2) is 16.7 Å². The van der Waals surface area contributed by atoms with E-state index in [-0.39, 0.29) is 11.6 Å². The van der Waals surface area contributed by atoms with Crippen LogP contribution in [0.25, 0.3) is 0 Å². The minimum absolute atomic E-state index is 0.219. The van der Waals surface area contributed by atoms with Gasteiger partial charge in [0.25, 0.3) is 0 Å². The molecule has 2 rings (SSSR count). The monoisotopic (exact) mass is 359 g/mol. The highest BCUT2D eigenvalue weighted by Gasteiger charge is 2.23. The van der Waals surface area contributed by atoms with Crippen LogP contribution >= 0.6 is 11.8 Å². The third-order valence-corrected chi connectivity index (χ3v) is 4.55. The van der Waals surface area contributed by atoms with Gasteiger partial charge in [0.1, 0.15) is 5.25 Å². The Morgan fingerprint density at radius 3 is 2.28 bits per heavy atom. The molecular formula is C17H21N5O2S. The maximum Gasteiger partial charge on any atom is 0.230 e. The van der Waals surface area contributed by atoms with Crippen molar-refractivity contribution in [3.8, 4) is 0 Å². The van der Waals surface area contributed by atoms with Gasteiger partial charge in [0.2, 0.25) is 11.9 Å². The van der Waals surface area contributed by atoms with Crippen molar-refractivity contribution in [3.05, 3.63) is 35.9 Å². The topological polar surface area (TPSA) is 88.1 Å². The van der Waals surface area contributed by atoms with Crippen molar-refractivity contribution in [3.63, 3.8) is 0 Å². The van der Waals surface area contributed by atoms with E-state index in [9.17, 15) is 9.59 Å². The number of hydrogen-bond acceptors (Lipinski definition) is 8. The number of Topliss-reactive ketones (excluding diaryl/α,β-unsaturated/α-hetero) is 2. The molecule has 0 spiro atoms. The molecule has 0 atom stereocenters. The zero-order chi connectivity index (χ0) is 18.4. The molecule has 0 fully saturated rings. The average Bonchev–Trinajstić information content (AvgIpc) is 2.58. The summed E-state index contributed by atoms with van der Waals surface area (Å²) in [6, 6.07) is 9.87. The van der Waals surface area contributed by atoms with Crippen molar-refractivity contribution in [2.24, 2.45) is 0 Å². The van der Waals surface area contributed by atoms with Crippen LogP contribution in [0.4, 0.5) is 11.9 Å². The Morgan fingerprint density at radius 1 is 1.08 bits per heavy atom. The van der Waals surface area contributed by atoms with E-state index in [2.05, 4.69) is 20.3 Å². The maximum atomic E-state index is 11.7. The molecule has 0 aliphatic heterocycles. The predicted molar refractivity (Wildman–Crippen MR) is 98.9 cm³/mol. The summed E-state index contributed by atoms with van der Waals surface area (Å²) in [5.74, 6) is 0.418. The highest BCUT2D eigenvalue weighted by molar-refractivity contribution is 8.01. The minimum Gasteiger partial charge on any atom is -0.350 e. The molecule has 1 N–H and O–H groups in total. The predicted octanol–water partition coefficient (Wildman–Crippen LogP) is 2.19. The summed E-state index contributed by atoms with van der Waals surface area (Å²) < 4.78 is 0. The first-order valence-electron chi connectivity index (χ1n) is 7.75. The molecule has 7 nitrogen and oxygen atoms in total. The first-order valence-corrected chi connectivity index (χ1v) is 8.63. The third kappa shape index (κ3) is 5.53. The van der Waals surface area contributed by atoms with E-state index in [0.29, 0.717) is 23.6 Å². The normalized spacial score (nSPS) is 10.6. The van der Waals surface area contributed by atoms with Crippen molar-refractivity contribution in [2.45, 2.75) is 30.8 Å². The molecule has 25 heavy (non-hydrogen) atoms. The van der Waals surface area contributed by atoms with Crippen LogP contribution in [0.3, 0.4) is 0 Å². The Hall–Kier alpha value is -2.48. The molecule has 0 amide bonds. The summed E-state index contributed by atoms with van der Waals surface area (Å²) >= 11 is 1.04. The lowest BCUT2D eigenvalue weighted by atomic mass is 10.2. The number of anilines is 2. The Morgan fingerprint density at radius 2 is 1.72 bits per heavy atom. The van der Waals surface area contributed by atoms with E-state index in [4.69, 9.17) is 0 Å². The van der Waals surface area contributed by atoms with Crippen molar-refractivity contribution in [1.82, 2.24) is 15.0 Å². The second kappa shape index (κ2) is 8.57. The summed E-state index contributed by atoms with van der Waals surface area (Å²) in [6.45, 7) is 3.34. The number of carbonyl (C=O) groups is 2. The quantitative estimate of drug-likeness (QED) is 0.567. The molecule has 8 heteroatoms. The smallest absolute Gasteiger partial charge is 0.230 e. The summed E-state index contributed by atoms with van der Waals surface area (Å²) in [4.78, 5) is 38.1. The molecular weight excluding hydrogens is 338 g/mol. The molecule has 0 aliphatic carbocycles. The highest BCUT2D eigenvalue weighted by Crippen LogP contribution is 2.24. The number of carbonyl (C=O) groups excluding carboxylic acids is 2. The number of thioether (sulfide) groups is 1. The fourth-order valence-corrected chi connectivity index (χ4v) is 2.83. The van der Waals surface area contributed by atoms with Crippen LogP contribution in [0.2, 0.25) is 0 Å². The van der Waals surface area contributed by atoms with Crippen LogP contribution in [-0.4, -0.2) is 45.9 Å². The third-order valence-electron chi connectivity index (χ3n) is 3.26.